The zero-order valence-electron chi connectivity index (χ0n) is 17.3. The molecule has 1 aromatic rings. The lowest BCUT2D eigenvalue weighted by Gasteiger charge is -2.52. The van der Waals surface area contributed by atoms with E-state index in [0.717, 1.165) is 16.9 Å². The highest BCUT2D eigenvalue weighted by atomic mass is 16.6. The number of allylic oxidation sites excluding steroid dienone is 1. The Labute approximate surface area is 165 Å². The second kappa shape index (κ2) is 6.21. The number of esters is 2. The average molecular weight is 388 g/mol. The molecule has 0 N–H and O–H groups in total. The Morgan fingerprint density at radius 3 is 2.64 bits per heavy atom. The molecule has 0 radical (unpaired) electrons. The van der Waals surface area contributed by atoms with Crippen LogP contribution in [0.15, 0.2) is 22.3 Å². The molecule has 152 valence electrons. The number of fused-ring (bicyclic) bond motifs is 1. The van der Waals surface area contributed by atoms with Gasteiger partial charge in [-0.15, -0.1) is 0 Å². The summed E-state index contributed by atoms with van der Waals surface area (Å²) in [5.74, 6) is 0.113. The Bertz CT molecular complexity index is 866. The summed E-state index contributed by atoms with van der Waals surface area (Å²) in [6, 6.07) is 0. The Morgan fingerprint density at radius 1 is 1.29 bits per heavy atom. The van der Waals surface area contributed by atoms with Crippen molar-refractivity contribution < 1.29 is 28.2 Å². The summed E-state index contributed by atoms with van der Waals surface area (Å²) < 4.78 is 23.8. The van der Waals surface area contributed by atoms with Crippen LogP contribution < -0.4 is 0 Å². The van der Waals surface area contributed by atoms with Gasteiger partial charge in [-0.2, -0.15) is 0 Å². The predicted octanol–water partition coefficient (Wildman–Crippen LogP) is 3.81. The normalized spacial score (nSPS) is 38.7. The second-order valence-electron chi connectivity index (χ2n) is 8.64. The van der Waals surface area contributed by atoms with Gasteiger partial charge in [-0.1, -0.05) is 19.9 Å². The van der Waals surface area contributed by atoms with E-state index < -0.39 is 17.1 Å². The number of rotatable bonds is 3. The second-order valence-corrected chi connectivity index (χ2v) is 8.64. The number of epoxide rings is 1. The molecule has 1 saturated carbocycles. The fourth-order valence-corrected chi connectivity index (χ4v) is 5.31. The molecule has 2 aliphatic carbocycles. The minimum absolute atomic E-state index is 0.0472. The minimum atomic E-state index is -0.530. The van der Waals surface area contributed by atoms with Gasteiger partial charge in [0.15, 0.2) is 0 Å². The maximum absolute atomic E-state index is 12.4. The molecule has 0 aromatic carbocycles. The van der Waals surface area contributed by atoms with E-state index in [-0.39, 0.29) is 30.1 Å². The van der Waals surface area contributed by atoms with Crippen LogP contribution in [0.2, 0.25) is 0 Å². The number of carbonyl (C=O) groups excluding carboxylic acids is 2. The van der Waals surface area contributed by atoms with Crippen molar-refractivity contribution in [1.82, 2.24) is 0 Å². The van der Waals surface area contributed by atoms with Gasteiger partial charge in [-0.25, -0.2) is 4.79 Å². The van der Waals surface area contributed by atoms with Crippen molar-refractivity contribution >= 4 is 11.9 Å². The van der Waals surface area contributed by atoms with Crippen molar-refractivity contribution in [2.75, 3.05) is 0 Å². The van der Waals surface area contributed by atoms with E-state index in [0.29, 0.717) is 18.4 Å². The third kappa shape index (κ3) is 2.43. The molecule has 1 saturated heterocycles. The van der Waals surface area contributed by atoms with E-state index in [2.05, 4.69) is 13.8 Å². The molecule has 1 spiro atoms. The Balaban J connectivity index is 1.76. The van der Waals surface area contributed by atoms with E-state index in [1.165, 1.54) is 6.92 Å². The van der Waals surface area contributed by atoms with Gasteiger partial charge < -0.3 is 18.6 Å². The van der Waals surface area contributed by atoms with E-state index in [4.69, 9.17) is 18.6 Å². The van der Waals surface area contributed by atoms with Gasteiger partial charge in [0.05, 0.1) is 12.4 Å². The van der Waals surface area contributed by atoms with Crippen LogP contribution in [-0.2, 0) is 30.2 Å². The maximum Gasteiger partial charge on any atom is 0.333 e. The fraction of sp³-hybridized carbons (Fsp3) is 0.636. The van der Waals surface area contributed by atoms with Gasteiger partial charge in [0.1, 0.15) is 23.6 Å². The maximum atomic E-state index is 12.4. The first-order valence-electron chi connectivity index (χ1n) is 9.91. The monoisotopic (exact) mass is 388 g/mol. The van der Waals surface area contributed by atoms with Gasteiger partial charge in [0, 0.05) is 42.2 Å². The highest BCUT2D eigenvalue weighted by Crippen LogP contribution is 2.70. The van der Waals surface area contributed by atoms with Crippen LogP contribution in [-0.4, -0.2) is 29.7 Å². The van der Waals surface area contributed by atoms with Crippen molar-refractivity contribution in [3.05, 3.63) is 34.8 Å². The van der Waals surface area contributed by atoms with Crippen LogP contribution in [0.4, 0.5) is 0 Å². The number of furan rings is 1. The van der Waals surface area contributed by atoms with Crippen molar-refractivity contribution in [2.24, 2.45) is 11.3 Å². The molecule has 2 heterocycles. The zero-order chi connectivity index (χ0) is 20.4. The van der Waals surface area contributed by atoms with Crippen LogP contribution in [0.5, 0.6) is 0 Å². The summed E-state index contributed by atoms with van der Waals surface area (Å²) in [4.78, 5) is 24.4. The highest BCUT2D eigenvalue weighted by Gasteiger charge is 2.78. The summed E-state index contributed by atoms with van der Waals surface area (Å²) in [5, 5.41) is 0. The molecule has 28 heavy (non-hydrogen) atoms. The molecular formula is C22H28O6. The molecule has 0 amide bonds. The first-order valence-corrected chi connectivity index (χ1v) is 9.91. The van der Waals surface area contributed by atoms with Crippen molar-refractivity contribution in [1.29, 1.82) is 0 Å². The molecule has 0 unspecified atom stereocenters. The quantitative estimate of drug-likeness (QED) is 0.445. The average Bonchev–Trinajstić information content (AvgIpc) is 3.22. The van der Waals surface area contributed by atoms with E-state index in [1.54, 1.807) is 19.3 Å². The molecule has 6 atom stereocenters. The Kier molecular flexibility index (Phi) is 4.27. The van der Waals surface area contributed by atoms with E-state index in [9.17, 15) is 9.59 Å². The lowest BCUT2D eigenvalue weighted by Crippen LogP contribution is -2.58. The SMILES string of the molecule is C/C=C(/C)C(=O)O[C@@H]1C[C@H]2O[C@]23Cc2occ(C)c2[C@@H](OC(C)=O)[C@]3(C)[C@H]1C. The van der Waals surface area contributed by atoms with Gasteiger partial charge in [0.25, 0.3) is 0 Å². The Morgan fingerprint density at radius 2 is 2.00 bits per heavy atom. The summed E-state index contributed by atoms with van der Waals surface area (Å²) in [6.07, 6.45) is 3.90. The molecule has 4 rings (SSSR count). The van der Waals surface area contributed by atoms with Crippen molar-refractivity contribution in [3.8, 4) is 0 Å². The molecule has 3 aliphatic rings. The zero-order valence-corrected chi connectivity index (χ0v) is 17.3. The van der Waals surface area contributed by atoms with Crippen molar-refractivity contribution in [3.63, 3.8) is 0 Å². The lowest BCUT2D eigenvalue weighted by molar-refractivity contribution is -0.180. The number of carbonyl (C=O) groups is 2. The fourth-order valence-electron chi connectivity index (χ4n) is 5.31. The van der Waals surface area contributed by atoms with Gasteiger partial charge in [-0.3, -0.25) is 4.79 Å². The molecule has 1 aliphatic heterocycles. The van der Waals surface area contributed by atoms with Crippen LogP contribution in [0, 0.1) is 18.3 Å². The van der Waals surface area contributed by atoms with Gasteiger partial charge in [-0.05, 0) is 26.3 Å². The first-order chi connectivity index (χ1) is 13.2. The van der Waals surface area contributed by atoms with Gasteiger partial charge in [0.2, 0.25) is 0 Å². The number of ether oxygens (including phenoxy) is 3. The standard InChI is InChI=1S/C22H28O6/c1-7-11(2)20(24)27-15-8-17-22(28-17)9-16-18(12(3)10-25-16)19(26-14(5)23)21(22,6)13(15)4/h7,10,13,15,17,19H,8-9H2,1-6H3/b11-7-/t13-,15+,17+,19+,21-,22+/m0/s1. The van der Waals surface area contributed by atoms with Crippen LogP contribution >= 0.6 is 0 Å². The van der Waals surface area contributed by atoms with Crippen LogP contribution in [0.25, 0.3) is 0 Å². The summed E-state index contributed by atoms with van der Waals surface area (Å²) in [6.45, 7) is 11.1. The van der Waals surface area contributed by atoms with E-state index >= 15 is 0 Å². The molecular weight excluding hydrogens is 360 g/mol. The molecule has 6 nitrogen and oxygen atoms in total. The summed E-state index contributed by atoms with van der Waals surface area (Å²) in [5.41, 5.74) is 1.49. The van der Waals surface area contributed by atoms with E-state index in [1.807, 2.05) is 13.8 Å². The molecule has 0 bridgehead atoms. The third-order valence-electron chi connectivity index (χ3n) is 7.31. The summed E-state index contributed by atoms with van der Waals surface area (Å²) in [7, 11) is 0. The Hall–Kier alpha value is -2.08. The first kappa shape index (κ1) is 19.2. The summed E-state index contributed by atoms with van der Waals surface area (Å²) >= 11 is 0. The number of hydrogen-bond acceptors (Lipinski definition) is 6. The smallest absolute Gasteiger partial charge is 0.333 e. The lowest BCUT2D eigenvalue weighted by atomic mass is 9.53. The number of aryl methyl sites for hydroxylation is 1. The third-order valence-corrected chi connectivity index (χ3v) is 7.31. The van der Waals surface area contributed by atoms with Gasteiger partial charge >= 0.3 is 11.9 Å². The number of hydrogen-bond donors (Lipinski definition) is 0. The molecule has 6 heteroatoms. The predicted molar refractivity (Wildman–Crippen MR) is 100 cm³/mol. The molecule has 1 aromatic heterocycles. The van der Waals surface area contributed by atoms with Crippen LogP contribution in [0.3, 0.4) is 0 Å². The van der Waals surface area contributed by atoms with Crippen molar-refractivity contribution in [2.45, 2.75) is 78.3 Å². The molecule has 2 fully saturated rings. The van der Waals surface area contributed by atoms with Crippen LogP contribution in [0.1, 0.15) is 64.0 Å². The highest BCUT2D eigenvalue weighted by molar-refractivity contribution is 5.87. The largest absolute Gasteiger partial charge is 0.469 e. The minimum Gasteiger partial charge on any atom is -0.469 e. The topological polar surface area (TPSA) is 78.3 Å².